The van der Waals surface area contributed by atoms with Crippen molar-refractivity contribution in [2.45, 2.75) is 25.4 Å². The summed E-state index contributed by atoms with van der Waals surface area (Å²) < 4.78 is 0. The van der Waals surface area contributed by atoms with E-state index in [4.69, 9.17) is 4.84 Å². The van der Waals surface area contributed by atoms with Gasteiger partial charge in [-0.3, -0.25) is 19.4 Å². The summed E-state index contributed by atoms with van der Waals surface area (Å²) in [5.41, 5.74) is 4.72. The van der Waals surface area contributed by atoms with Crippen molar-refractivity contribution in [3.8, 4) is 0 Å². The van der Waals surface area contributed by atoms with E-state index in [1.54, 1.807) is 24.5 Å². The van der Waals surface area contributed by atoms with E-state index in [0.717, 1.165) is 17.7 Å². The third-order valence-electron chi connectivity index (χ3n) is 3.94. The maximum atomic E-state index is 12.3. The number of benzene rings is 1. The number of anilines is 1. The Morgan fingerprint density at radius 2 is 2.04 bits per heavy atom. The highest BCUT2D eigenvalue weighted by Gasteiger charge is 2.21. The summed E-state index contributed by atoms with van der Waals surface area (Å²) in [7, 11) is 0. The van der Waals surface area contributed by atoms with Crippen molar-refractivity contribution in [2.75, 3.05) is 11.9 Å². The minimum absolute atomic E-state index is 0.0191. The van der Waals surface area contributed by atoms with Gasteiger partial charge < -0.3 is 10.6 Å². The van der Waals surface area contributed by atoms with Gasteiger partial charge >= 0.3 is 0 Å². The zero-order valence-electron chi connectivity index (χ0n) is 13.7. The number of hydroxylamine groups is 1. The Labute approximate surface area is 145 Å². The van der Waals surface area contributed by atoms with Crippen LogP contribution < -0.4 is 16.1 Å². The van der Waals surface area contributed by atoms with Crippen molar-refractivity contribution in [1.29, 1.82) is 0 Å². The molecule has 2 heterocycles. The van der Waals surface area contributed by atoms with Gasteiger partial charge in [0.1, 0.15) is 0 Å². The van der Waals surface area contributed by atoms with Gasteiger partial charge in [0, 0.05) is 31.0 Å². The Hall–Kier alpha value is -2.93. The predicted molar refractivity (Wildman–Crippen MR) is 92.6 cm³/mol. The number of pyridine rings is 1. The molecule has 1 saturated heterocycles. The first-order valence-electron chi connectivity index (χ1n) is 8.15. The molecule has 3 rings (SSSR count). The number of para-hydroxylation sites is 1. The van der Waals surface area contributed by atoms with Gasteiger partial charge in [0.05, 0.1) is 18.2 Å². The lowest BCUT2D eigenvalue weighted by atomic mass is 10.1. The zero-order valence-corrected chi connectivity index (χ0v) is 13.7. The average molecular weight is 340 g/mol. The van der Waals surface area contributed by atoms with E-state index in [1.807, 2.05) is 24.3 Å². The molecule has 1 unspecified atom stereocenters. The van der Waals surface area contributed by atoms with Crippen LogP contribution in [0.25, 0.3) is 0 Å². The maximum Gasteiger partial charge on any atom is 0.276 e. The monoisotopic (exact) mass is 340 g/mol. The number of hydrogen-bond acceptors (Lipinski definition) is 5. The fourth-order valence-corrected chi connectivity index (χ4v) is 2.60. The molecule has 0 spiro atoms. The maximum absolute atomic E-state index is 12.3. The van der Waals surface area contributed by atoms with Crippen LogP contribution in [0.5, 0.6) is 0 Å². The highest BCUT2D eigenvalue weighted by molar-refractivity contribution is 5.99. The normalized spacial score (nSPS) is 16.3. The Morgan fingerprint density at radius 3 is 2.80 bits per heavy atom. The number of nitrogens with zero attached hydrogens (tertiary/aromatic N) is 1. The largest absolute Gasteiger partial charge is 0.380 e. The van der Waals surface area contributed by atoms with Crippen LogP contribution in [0.1, 0.15) is 28.8 Å². The molecule has 0 bridgehead atoms. The molecule has 7 nitrogen and oxygen atoms in total. The van der Waals surface area contributed by atoms with Crippen LogP contribution in [0.2, 0.25) is 0 Å². The second-order valence-corrected chi connectivity index (χ2v) is 5.80. The molecule has 1 fully saturated rings. The highest BCUT2D eigenvalue weighted by Crippen LogP contribution is 2.16. The second kappa shape index (κ2) is 8.25. The van der Waals surface area contributed by atoms with E-state index in [2.05, 4.69) is 21.1 Å². The number of rotatable bonds is 7. The predicted octanol–water partition coefficient (Wildman–Crippen LogP) is 1.63. The molecule has 130 valence electrons. The quantitative estimate of drug-likeness (QED) is 0.666. The van der Waals surface area contributed by atoms with E-state index >= 15 is 0 Å². The smallest absolute Gasteiger partial charge is 0.276 e. The topological polar surface area (TPSA) is 92.3 Å². The van der Waals surface area contributed by atoms with Gasteiger partial charge in [-0.2, -0.15) is 0 Å². The minimum atomic E-state index is -0.331. The molecule has 1 atom stereocenters. The van der Waals surface area contributed by atoms with Crippen molar-refractivity contribution in [2.24, 2.45) is 0 Å². The van der Waals surface area contributed by atoms with Gasteiger partial charge in [0.15, 0.2) is 0 Å². The highest BCUT2D eigenvalue weighted by atomic mass is 16.7. The second-order valence-electron chi connectivity index (χ2n) is 5.80. The summed E-state index contributed by atoms with van der Waals surface area (Å²) in [5.74, 6) is -0.312. The molecular formula is C18H20N4O3. The van der Waals surface area contributed by atoms with E-state index in [1.165, 1.54) is 0 Å². The van der Waals surface area contributed by atoms with Gasteiger partial charge in [0.25, 0.3) is 5.91 Å². The molecule has 0 aliphatic carbocycles. The summed E-state index contributed by atoms with van der Waals surface area (Å²) in [6, 6.07) is 11.0. The SMILES string of the molecule is O=C1CCC(CONC(=O)c2ccccc2NCc2ccncc2)N1. The number of aromatic nitrogens is 1. The third kappa shape index (κ3) is 4.77. The average Bonchev–Trinajstić information content (AvgIpc) is 3.06. The number of hydrogen-bond donors (Lipinski definition) is 3. The summed E-state index contributed by atoms with van der Waals surface area (Å²) in [5, 5.41) is 6.03. The van der Waals surface area contributed by atoms with Gasteiger partial charge in [-0.15, -0.1) is 0 Å². The summed E-state index contributed by atoms with van der Waals surface area (Å²) in [6.07, 6.45) is 4.68. The molecule has 7 heteroatoms. The van der Waals surface area contributed by atoms with Crippen LogP contribution in [-0.2, 0) is 16.2 Å². The summed E-state index contributed by atoms with van der Waals surface area (Å²) in [6.45, 7) is 0.839. The van der Waals surface area contributed by atoms with Crippen molar-refractivity contribution in [3.05, 3.63) is 59.9 Å². The number of carbonyl (C=O) groups is 2. The Balaban J connectivity index is 1.54. The molecule has 25 heavy (non-hydrogen) atoms. The van der Waals surface area contributed by atoms with Crippen LogP contribution in [0.3, 0.4) is 0 Å². The molecule has 1 aliphatic rings. The van der Waals surface area contributed by atoms with Gasteiger partial charge in [-0.1, -0.05) is 12.1 Å². The fourth-order valence-electron chi connectivity index (χ4n) is 2.60. The molecule has 2 amide bonds. The van der Waals surface area contributed by atoms with Gasteiger partial charge in [-0.05, 0) is 36.2 Å². The fraction of sp³-hybridized carbons (Fsp3) is 0.278. The minimum Gasteiger partial charge on any atom is -0.380 e. The van der Waals surface area contributed by atoms with Crippen molar-refractivity contribution >= 4 is 17.5 Å². The molecule has 0 saturated carbocycles. The van der Waals surface area contributed by atoms with E-state index in [-0.39, 0.29) is 24.5 Å². The Bertz CT molecular complexity index is 736. The molecule has 3 N–H and O–H groups in total. The molecular weight excluding hydrogens is 320 g/mol. The summed E-state index contributed by atoms with van der Waals surface area (Å²) >= 11 is 0. The van der Waals surface area contributed by atoms with Gasteiger partial charge in [0.2, 0.25) is 5.91 Å². The Morgan fingerprint density at radius 1 is 1.24 bits per heavy atom. The van der Waals surface area contributed by atoms with Crippen LogP contribution in [-0.4, -0.2) is 29.4 Å². The lowest BCUT2D eigenvalue weighted by molar-refractivity contribution is -0.119. The van der Waals surface area contributed by atoms with Crippen molar-refractivity contribution in [3.63, 3.8) is 0 Å². The van der Waals surface area contributed by atoms with Crippen LogP contribution >= 0.6 is 0 Å². The lowest BCUT2D eigenvalue weighted by Gasteiger charge is -2.14. The molecule has 0 radical (unpaired) electrons. The molecule has 2 aromatic rings. The van der Waals surface area contributed by atoms with E-state index < -0.39 is 0 Å². The van der Waals surface area contributed by atoms with E-state index in [9.17, 15) is 9.59 Å². The molecule has 1 aliphatic heterocycles. The number of nitrogens with one attached hydrogen (secondary N) is 3. The Kier molecular flexibility index (Phi) is 5.58. The first kappa shape index (κ1) is 16.9. The van der Waals surface area contributed by atoms with Crippen molar-refractivity contribution < 1.29 is 14.4 Å². The van der Waals surface area contributed by atoms with Crippen LogP contribution in [0.4, 0.5) is 5.69 Å². The van der Waals surface area contributed by atoms with Crippen LogP contribution in [0.15, 0.2) is 48.8 Å². The lowest BCUT2D eigenvalue weighted by Crippen LogP contribution is -2.34. The first-order valence-corrected chi connectivity index (χ1v) is 8.15. The standard InChI is InChI=1S/C18H20N4O3/c23-17-6-5-14(21-17)12-25-22-18(24)15-3-1-2-4-16(15)20-11-13-7-9-19-10-8-13/h1-4,7-10,14,20H,5-6,11-12H2,(H,21,23)(H,22,24). The molecule has 1 aromatic carbocycles. The summed E-state index contributed by atoms with van der Waals surface area (Å²) in [4.78, 5) is 32.7. The molecule has 1 aromatic heterocycles. The number of carbonyl (C=O) groups excluding carboxylic acids is 2. The first-order chi connectivity index (χ1) is 12.2. The van der Waals surface area contributed by atoms with E-state index in [0.29, 0.717) is 18.5 Å². The third-order valence-corrected chi connectivity index (χ3v) is 3.94. The van der Waals surface area contributed by atoms with Gasteiger partial charge in [-0.25, -0.2) is 5.48 Å². The van der Waals surface area contributed by atoms with Crippen LogP contribution in [0, 0.1) is 0 Å². The van der Waals surface area contributed by atoms with Crippen molar-refractivity contribution in [1.82, 2.24) is 15.8 Å². The zero-order chi connectivity index (χ0) is 17.5. The number of amides is 2.